The van der Waals surface area contributed by atoms with Crippen LogP contribution in [-0.4, -0.2) is 104 Å². The summed E-state index contributed by atoms with van der Waals surface area (Å²) in [4.78, 5) is 34.5. The third kappa shape index (κ3) is 10.9. The molecule has 5 aromatic rings. The second-order valence-corrected chi connectivity index (χ2v) is 18.3. The number of nitrogens with zero attached hydrogens (tertiary/aromatic N) is 5. The first-order valence-corrected chi connectivity index (χ1v) is 23.4. The summed E-state index contributed by atoms with van der Waals surface area (Å²) in [5.41, 5.74) is 2.38. The molecular formula is C50H61N6O8P. The number of nitriles is 1. The molecule has 1 aromatic heterocycles. The van der Waals surface area contributed by atoms with Gasteiger partial charge in [0.2, 0.25) is 0 Å². The van der Waals surface area contributed by atoms with Crippen LogP contribution in [0.25, 0.3) is 11.1 Å². The fourth-order valence-corrected chi connectivity index (χ4v) is 10.4. The van der Waals surface area contributed by atoms with Crippen molar-refractivity contribution in [3.05, 3.63) is 147 Å². The average Bonchev–Trinajstić information content (AvgIpc) is 3.71. The van der Waals surface area contributed by atoms with E-state index in [1.54, 1.807) is 20.4 Å². The van der Waals surface area contributed by atoms with Crippen LogP contribution < -0.4 is 25.6 Å². The first kappa shape index (κ1) is 47.6. The van der Waals surface area contributed by atoms with Crippen LogP contribution in [0.4, 0.5) is 5.69 Å². The summed E-state index contributed by atoms with van der Waals surface area (Å²) in [6.45, 7) is 12.3. The van der Waals surface area contributed by atoms with Gasteiger partial charge in [0.05, 0.1) is 51.6 Å². The predicted octanol–water partition coefficient (Wildman–Crippen LogP) is 7.93. The summed E-state index contributed by atoms with van der Waals surface area (Å²) in [7, 11) is 3.67. The Morgan fingerprint density at radius 1 is 0.831 bits per heavy atom. The Bertz CT molecular complexity index is 2390. The number of aromatic nitrogens is 2. The van der Waals surface area contributed by atoms with Crippen molar-refractivity contribution in [3.8, 4) is 28.7 Å². The number of piperazine rings is 1. The minimum absolute atomic E-state index is 0.0115. The fraction of sp³-hybridized carbons (Fsp3) is 0.420. The van der Waals surface area contributed by atoms with Crippen LogP contribution in [0.15, 0.2) is 119 Å². The number of aromatic amines is 1. The normalized spacial score (nSPS) is 18.6. The van der Waals surface area contributed by atoms with Crippen LogP contribution in [-0.2, 0) is 24.1 Å². The van der Waals surface area contributed by atoms with Gasteiger partial charge in [-0.2, -0.15) is 5.26 Å². The van der Waals surface area contributed by atoms with Crippen molar-refractivity contribution in [1.82, 2.24) is 19.1 Å². The highest BCUT2D eigenvalue weighted by atomic mass is 31.2. The van der Waals surface area contributed by atoms with Gasteiger partial charge in [-0.25, -0.2) is 9.46 Å². The van der Waals surface area contributed by atoms with Crippen LogP contribution in [0.1, 0.15) is 63.5 Å². The van der Waals surface area contributed by atoms with Crippen molar-refractivity contribution in [2.75, 3.05) is 65.6 Å². The fourth-order valence-electron chi connectivity index (χ4n) is 8.65. The lowest BCUT2D eigenvalue weighted by atomic mass is 9.80. The van der Waals surface area contributed by atoms with Crippen LogP contribution in [0.3, 0.4) is 0 Å². The molecule has 0 saturated carbocycles. The number of H-pyrrole nitrogens is 1. The SMILES string of the molecule is COc1ccc(C(OC[C@H]2O[C@@H](n3cc(-c4ccc(N5CCN(C)CC5)cc4)c(=O)[nH]c3=O)C[C@@H]2OP(OCCC#N)N(C(C)C)C(C)C)(c2ccccc2)c2ccc(OC)cc2)cc1. The maximum atomic E-state index is 13.8. The van der Waals surface area contributed by atoms with Gasteiger partial charge >= 0.3 is 5.69 Å². The van der Waals surface area contributed by atoms with Gasteiger partial charge in [-0.15, -0.1) is 0 Å². The van der Waals surface area contributed by atoms with Gasteiger partial charge in [-0.05, 0) is 93.4 Å². The Morgan fingerprint density at radius 3 is 1.97 bits per heavy atom. The molecule has 4 atom stereocenters. The second-order valence-electron chi connectivity index (χ2n) is 16.9. The van der Waals surface area contributed by atoms with Crippen molar-refractivity contribution >= 4 is 14.2 Å². The summed E-state index contributed by atoms with van der Waals surface area (Å²) < 4.78 is 42.4. The van der Waals surface area contributed by atoms with E-state index in [1.807, 2.05) is 103 Å². The van der Waals surface area contributed by atoms with E-state index in [1.165, 1.54) is 4.57 Å². The number of rotatable bonds is 19. The average molecular weight is 905 g/mol. The first-order valence-electron chi connectivity index (χ1n) is 22.2. The zero-order valence-corrected chi connectivity index (χ0v) is 39.3. The second kappa shape index (κ2) is 21.8. The highest BCUT2D eigenvalue weighted by Crippen LogP contribution is 2.51. The molecule has 0 radical (unpaired) electrons. The van der Waals surface area contributed by atoms with Crippen molar-refractivity contribution in [2.24, 2.45) is 0 Å². The molecule has 0 spiro atoms. The highest BCUT2D eigenvalue weighted by Gasteiger charge is 2.45. The van der Waals surface area contributed by atoms with Crippen molar-refractivity contribution in [2.45, 2.75) is 76.7 Å². The molecule has 15 heteroatoms. The maximum Gasteiger partial charge on any atom is 0.330 e. The van der Waals surface area contributed by atoms with Gasteiger partial charge in [0.25, 0.3) is 14.1 Å². The van der Waals surface area contributed by atoms with Crippen molar-refractivity contribution in [3.63, 3.8) is 0 Å². The smallest absolute Gasteiger partial charge is 0.330 e. The molecule has 14 nitrogen and oxygen atoms in total. The summed E-state index contributed by atoms with van der Waals surface area (Å²) >= 11 is 0. The molecule has 65 heavy (non-hydrogen) atoms. The molecule has 0 bridgehead atoms. The minimum Gasteiger partial charge on any atom is -0.497 e. The van der Waals surface area contributed by atoms with Gasteiger partial charge in [0.1, 0.15) is 29.4 Å². The Balaban J connectivity index is 1.28. The van der Waals surface area contributed by atoms with E-state index in [0.717, 1.165) is 48.6 Å². The number of ether oxygens (including phenoxy) is 4. The summed E-state index contributed by atoms with van der Waals surface area (Å²) in [6, 6.07) is 35.7. The number of anilines is 1. The Morgan fingerprint density at radius 2 is 1.42 bits per heavy atom. The molecule has 1 unspecified atom stereocenters. The monoisotopic (exact) mass is 904 g/mol. The number of hydrogen-bond donors (Lipinski definition) is 1. The Labute approximate surface area is 383 Å². The minimum atomic E-state index is -1.72. The molecule has 7 rings (SSSR count). The highest BCUT2D eigenvalue weighted by molar-refractivity contribution is 7.44. The Hall–Kier alpha value is -5.36. The van der Waals surface area contributed by atoms with Crippen LogP contribution in [0.5, 0.6) is 11.5 Å². The van der Waals surface area contributed by atoms with Crippen molar-refractivity contribution in [1.29, 1.82) is 5.26 Å². The van der Waals surface area contributed by atoms with E-state index in [9.17, 15) is 14.9 Å². The lowest BCUT2D eigenvalue weighted by Gasteiger charge is -2.39. The molecule has 2 aliphatic rings. The van der Waals surface area contributed by atoms with Crippen LogP contribution in [0, 0.1) is 11.3 Å². The number of likely N-dealkylation sites (N-methyl/N-ethyl adjacent to an activating group) is 1. The number of hydrogen-bond acceptors (Lipinski definition) is 12. The van der Waals surface area contributed by atoms with Gasteiger partial charge in [0.15, 0.2) is 0 Å². The largest absolute Gasteiger partial charge is 0.497 e. The van der Waals surface area contributed by atoms with Gasteiger partial charge in [-0.3, -0.25) is 14.3 Å². The third-order valence-electron chi connectivity index (χ3n) is 12.0. The topological polar surface area (TPSA) is 144 Å². The molecule has 2 saturated heterocycles. The van der Waals surface area contributed by atoms with E-state index >= 15 is 0 Å². The zero-order valence-electron chi connectivity index (χ0n) is 38.4. The first-order chi connectivity index (χ1) is 31.4. The molecule has 2 aliphatic heterocycles. The molecule has 2 fully saturated rings. The van der Waals surface area contributed by atoms with Gasteiger partial charge in [-0.1, -0.05) is 66.7 Å². The summed E-state index contributed by atoms with van der Waals surface area (Å²) in [5, 5.41) is 9.45. The lowest BCUT2D eigenvalue weighted by molar-refractivity contribution is -0.0925. The van der Waals surface area contributed by atoms with E-state index in [0.29, 0.717) is 22.6 Å². The molecule has 4 aromatic carbocycles. The molecule has 1 N–H and O–H groups in total. The number of methoxy groups -OCH3 is 2. The van der Waals surface area contributed by atoms with Crippen LogP contribution >= 0.6 is 8.53 Å². The molecule has 0 amide bonds. The zero-order chi connectivity index (χ0) is 46.1. The molecule has 0 aliphatic carbocycles. The van der Waals surface area contributed by atoms with Crippen LogP contribution in [0.2, 0.25) is 0 Å². The standard InChI is InChI=1S/C50H61N6O8P/c1-35(2)56(36(3)4)65(62-31-11-26-51)64-45-32-47(55-33-44(48(57)52-49(55)58)37-14-20-41(21-15-37)54-29-27-53(5)28-30-54)63-46(45)34-61-50(38-12-9-8-10-13-38,39-16-22-42(59-6)23-17-39)40-18-24-43(60-7)25-19-40/h8-10,12-25,33,35-36,45-47H,11,27-32,34H2,1-7H3,(H,52,57,58)/t45-,46+,47+,65?/m0/s1. The molecule has 344 valence electrons. The van der Waals surface area contributed by atoms with E-state index in [2.05, 4.69) is 60.3 Å². The van der Waals surface area contributed by atoms with Crippen molar-refractivity contribution < 1.29 is 28.0 Å². The van der Waals surface area contributed by atoms with E-state index < -0.39 is 43.8 Å². The lowest BCUT2D eigenvalue weighted by Crippen LogP contribution is -2.44. The predicted molar refractivity (Wildman–Crippen MR) is 253 cm³/mol. The molecule has 3 heterocycles. The number of benzene rings is 4. The maximum absolute atomic E-state index is 13.8. The summed E-state index contributed by atoms with van der Waals surface area (Å²) in [5.74, 6) is 1.39. The van der Waals surface area contributed by atoms with Gasteiger partial charge in [0, 0.05) is 56.6 Å². The summed E-state index contributed by atoms with van der Waals surface area (Å²) in [6.07, 6.45) is -0.236. The molecular weight excluding hydrogens is 844 g/mol. The quantitative estimate of drug-likeness (QED) is 0.0489. The van der Waals surface area contributed by atoms with E-state index in [4.69, 9.17) is 28.0 Å². The van der Waals surface area contributed by atoms with Gasteiger partial charge < -0.3 is 37.8 Å². The third-order valence-corrected chi connectivity index (χ3v) is 14.2. The van der Waals surface area contributed by atoms with E-state index in [-0.39, 0.29) is 38.1 Å². The number of nitrogens with one attached hydrogen (secondary N) is 1. The Kier molecular flexibility index (Phi) is 15.9.